The summed E-state index contributed by atoms with van der Waals surface area (Å²) in [6, 6.07) is 0.688. The van der Waals surface area contributed by atoms with Gasteiger partial charge in [-0.2, -0.15) is 11.8 Å². The highest BCUT2D eigenvalue weighted by molar-refractivity contribution is 8.00. The van der Waals surface area contributed by atoms with Gasteiger partial charge in [-0.3, -0.25) is 0 Å². The SMILES string of the molecule is OC(CNC1CSC1)C1CC1. The lowest BCUT2D eigenvalue weighted by molar-refractivity contribution is 0.146. The maximum Gasteiger partial charge on any atom is 0.0692 e. The Labute approximate surface area is 71.7 Å². The number of thioether (sulfide) groups is 1. The van der Waals surface area contributed by atoms with Crippen LogP contribution in [-0.2, 0) is 0 Å². The Bertz CT molecular complexity index is 134. The fourth-order valence-electron chi connectivity index (χ4n) is 1.29. The molecule has 1 aliphatic heterocycles. The zero-order chi connectivity index (χ0) is 7.68. The van der Waals surface area contributed by atoms with Gasteiger partial charge < -0.3 is 10.4 Å². The topological polar surface area (TPSA) is 32.3 Å². The van der Waals surface area contributed by atoms with Gasteiger partial charge in [-0.1, -0.05) is 0 Å². The maximum absolute atomic E-state index is 9.49. The first-order valence-electron chi connectivity index (χ1n) is 4.35. The molecule has 1 unspecified atom stereocenters. The van der Waals surface area contributed by atoms with Gasteiger partial charge in [-0.15, -0.1) is 0 Å². The van der Waals surface area contributed by atoms with Gasteiger partial charge in [0.05, 0.1) is 6.10 Å². The van der Waals surface area contributed by atoms with Crippen LogP contribution in [0.15, 0.2) is 0 Å². The minimum atomic E-state index is -0.0689. The summed E-state index contributed by atoms with van der Waals surface area (Å²) in [6.07, 6.45) is 2.41. The summed E-state index contributed by atoms with van der Waals surface area (Å²) in [7, 11) is 0. The summed E-state index contributed by atoms with van der Waals surface area (Å²) in [5, 5.41) is 12.9. The molecule has 2 rings (SSSR count). The molecule has 0 aromatic rings. The second-order valence-corrected chi connectivity index (χ2v) is 4.62. The molecular formula is C8H15NOS. The number of aliphatic hydroxyl groups is 1. The average molecular weight is 173 g/mol. The minimum absolute atomic E-state index is 0.0689. The first-order chi connectivity index (χ1) is 5.36. The third-order valence-corrected chi connectivity index (χ3v) is 3.70. The van der Waals surface area contributed by atoms with Gasteiger partial charge in [-0.25, -0.2) is 0 Å². The highest BCUT2D eigenvalue weighted by atomic mass is 32.2. The molecule has 0 spiro atoms. The van der Waals surface area contributed by atoms with Gasteiger partial charge in [0.2, 0.25) is 0 Å². The summed E-state index contributed by atoms with van der Waals surface area (Å²) < 4.78 is 0. The molecule has 64 valence electrons. The molecule has 3 heteroatoms. The van der Waals surface area contributed by atoms with Crippen LogP contribution in [0.4, 0.5) is 0 Å². The molecule has 0 aromatic heterocycles. The van der Waals surface area contributed by atoms with E-state index in [2.05, 4.69) is 5.32 Å². The molecule has 0 radical (unpaired) electrons. The van der Waals surface area contributed by atoms with Gasteiger partial charge in [-0.05, 0) is 18.8 Å². The molecule has 1 saturated carbocycles. The van der Waals surface area contributed by atoms with Crippen LogP contribution < -0.4 is 5.32 Å². The Morgan fingerprint density at radius 3 is 2.64 bits per heavy atom. The zero-order valence-corrected chi connectivity index (χ0v) is 7.44. The molecule has 2 N–H and O–H groups in total. The molecule has 0 bridgehead atoms. The summed E-state index contributed by atoms with van der Waals surface area (Å²) in [6.45, 7) is 0.815. The fraction of sp³-hybridized carbons (Fsp3) is 1.00. The van der Waals surface area contributed by atoms with Gasteiger partial charge in [0.25, 0.3) is 0 Å². The third kappa shape index (κ3) is 2.10. The number of hydrogen-bond acceptors (Lipinski definition) is 3. The Kier molecular flexibility index (Phi) is 2.39. The van der Waals surface area contributed by atoms with Crippen LogP contribution in [0, 0.1) is 5.92 Å². The first kappa shape index (κ1) is 7.90. The predicted molar refractivity (Wildman–Crippen MR) is 47.8 cm³/mol. The standard InChI is InChI=1S/C8H15NOS/c10-8(6-1-2-6)3-9-7-4-11-5-7/h6-10H,1-5H2. The Morgan fingerprint density at radius 1 is 1.45 bits per heavy atom. The van der Waals surface area contributed by atoms with Gasteiger partial charge in [0.15, 0.2) is 0 Å². The zero-order valence-electron chi connectivity index (χ0n) is 6.62. The van der Waals surface area contributed by atoms with Crippen molar-refractivity contribution in [3.05, 3.63) is 0 Å². The second-order valence-electron chi connectivity index (χ2n) is 3.55. The Hall–Kier alpha value is 0.270. The van der Waals surface area contributed by atoms with Crippen LogP contribution >= 0.6 is 11.8 Å². The van der Waals surface area contributed by atoms with Gasteiger partial charge >= 0.3 is 0 Å². The van der Waals surface area contributed by atoms with Crippen molar-refractivity contribution in [1.82, 2.24) is 5.32 Å². The molecule has 0 amide bonds. The van der Waals surface area contributed by atoms with E-state index in [1.54, 1.807) is 0 Å². The Balaban J connectivity index is 1.57. The quantitative estimate of drug-likeness (QED) is 0.648. The fourth-order valence-corrected chi connectivity index (χ4v) is 2.00. The van der Waals surface area contributed by atoms with E-state index < -0.39 is 0 Å². The van der Waals surface area contributed by atoms with E-state index in [9.17, 15) is 5.11 Å². The van der Waals surface area contributed by atoms with Crippen molar-refractivity contribution in [2.24, 2.45) is 5.92 Å². The van der Waals surface area contributed by atoms with Gasteiger partial charge in [0, 0.05) is 24.1 Å². The molecule has 1 saturated heterocycles. The lowest BCUT2D eigenvalue weighted by atomic mass is 10.2. The molecule has 0 aromatic carbocycles. The summed E-state index contributed by atoms with van der Waals surface area (Å²) in [5.74, 6) is 3.09. The predicted octanol–water partition coefficient (Wildman–Crippen LogP) is 0.462. The molecule has 1 aliphatic carbocycles. The lowest BCUT2D eigenvalue weighted by Gasteiger charge is -2.27. The maximum atomic E-state index is 9.49. The molecule has 1 heterocycles. The number of nitrogens with one attached hydrogen (secondary N) is 1. The van der Waals surface area contributed by atoms with Crippen LogP contribution in [0.5, 0.6) is 0 Å². The van der Waals surface area contributed by atoms with Crippen LogP contribution in [0.25, 0.3) is 0 Å². The van der Waals surface area contributed by atoms with E-state index in [1.807, 2.05) is 11.8 Å². The number of rotatable bonds is 4. The van der Waals surface area contributed by atoms with E-state index in [0.717, 1.165) is 6.54 Å². The monoisotopic (exact) mass is 173 g/mol. The van der Waals surface area contributed by atoms with Crippen LogP contribution in [0.3, 0.4) is 0 Å². The summed E-state index contributed by atoms with van der Waals surface area (Å²) in [4.78, 5) is 0. The van der Waals surface area contributed by atoms with Crippen molar-refractivity contribution in [1.29, 1.82) is 0 Å². The minimum Gasteiger partial charge on any atom is -0.392 e. The van der Waals surface area contributed by atoms with E-state index in [0.29, 0.717) is 12.0 Å². The average Bonchev–Trinajstić information content (AvgIpc) is 2.64. The smallest absolute Gasteiger partial charge is 0.0692 e. The van der Waals surface area contributed by atoms with Crippen molar-refractivity contribution in [3.8, 4) is 0 Å². The van der Waals surface area contributed by atoms with Crippen molar-refractivity contribution in [2.45, 2.75) is 25.0 Å². The largest absolute Gasteiger partial charge is 0.392 e. The first-order valence-corrected chi connectivity index (χ1v) is 5.51. The lowest BCUT2D eigenvalue weighted by Crippen LogP contribution is -2.44. The molecule has 11 heavy (non-hydrogen) atoms. The molecule has 2 nitrogen and oxygen atoms in total. The third-order valence-electron chi connectivity index (χ3n) is 2.42. The van der Waals surface area contributed by atoms with Crippen molar-refractivity contribution < 1.29 is 5.11 Å². The van der Waals surface area contributed by atoms with Crippen molar-refractivity contribution >= 4 is 11.8 Å². The van der Waals surface area contributed by atoms with E-state index in [1.165, 1.54) is 24.3 Å². The van der Waals surface area contributed by atoms with Crippen molar-refractivity contribution in [3.63, 3.8) is 0 Å². The number of aliphatic hydroxyl groups excluding tert-OH is 1. The molecule has 2 fully saturated rings. The second kappa shape index (κ2) is 3.33. The molecule has 1 atom stereocenters. The number of hydrogen-bond donors (Lipinski definition) is 2. The molecular weight excluding hydrogens is 158 g/mol. The van der Waals surface area contributed by atoms with Crippen LogP contribution in [0.2, 0.25) is 0 Å². The van der Waals surface area contributed by atoms with Crippen LogP contribution in [0.1, 0.15) is 12.8 Å². The highest BCUT2D eigenvalue weighted by Crippen LogP contribution is 2.32. The van der Waals surface area contributed by atoms with Crippen LogP contribution in [-0.4, -0.2) is 35.3 Å². The van der Waals surface area contributed by atoms with Gasteiger partial charge in [0.1, 0.15) is 0 Å². The summed E-state index contributed by atoms with van der Waals surface area (Å²) >= 11 is 1.98. The highest BCUT2D eigenvalue weighted by Gasteiger charge is 2.30. The van der Waals surface area contributed by atoms with E-state index >= 15 is 0 Å². The molecule has 2 aliphatic rings. The normalized spacial score (nSPS) is 28.1. The van der Waals surface area contributed by atoms with Crippen molar-refractivity contribution in [2.75, 3.05) is 18.1 Å². The van der Waals surface area contributed by atoms with E-state index in [4.69, 9.17) is 0 Å². The Morgan fingerprint density at radius 2 is 2.18 bits per heavy atom. The summed E-state index contributed by atoms with van der Waals surface area (Å²) in [5.41, 5.74) is 0. The van der Waals surface area contributed by atoms with E-state index in [-0.39, 0.29) is 6.10 Å².